The van der Waals surface area contributed by atoms with Crippen LogP contribution in [0.4, 0.5) is 26.3 Å². The van der Waals surface area contributed by atoms with Gasteiger partial charge in [0.05, 0.1) is 0 Å². The van der Waals surface area contributed by atoms with Crippen molar-refractivity contribution in [2.24, 2.45) is 5.73 Å². The van der Waals surface area contributed by atoms with Crippen molar-refractivity contribution in [1.29, 1.82) is 0 Å². The van der Waals surface area contributed by atoms with Gasteiger partial charge in [-0.25, -0.2) is 17.9 Å². The lowest BCUT2D eigenvalue weighted by Crippen LogP contribution is -2.37. The van der Waals surface area contributed by atoms with Gasteiger partial charge in [-0.2, -0.15) is 26.3 Å². The second-order valence-corrected chi connectivity index (χ2v) is 4.97. The highest BCUT2D eigenvalue weighted by Gasteiger charge is 2.45. The first kappa shape index (κ1) is 21.7. The predicted molar refractivity (Wildman–Crippen MR) is 55.1 cm³/mol. The van der Waals surface area contributed by atoms with Crippen LogP contribution in [-0.2, 0) is 19.6 Å². The van der Waals surface area contributed by atoms with E-state index < -0.39 is 40.1 Å². The molecule has 0 aromatic rings. The van der Waals surface area contributed by atoms with E-state index in [4.69, 9.17) is 9.90 Å². The molecule has 0 fully saturated rings. The Hall–Kier alpha value is -1.57. The van der Waals surface area contributed by atoms with E-state index in [0.29, 0.717) is 0 Å². The van der Waals surface area contributed by atoms with Crippen molar-refractivity contribution in [3.63, 3.8) is 0 Å². The lowest BCUT2D eigenvalue weighted by molar-refractivity contribution is -0.192. The monoisotopic (exact) mass is 348 g/mol. The summed E-state index contributed by atoms with van der Waals surface area (Å²) >= 11 is 0. The van der Waals surface area contributed by atoms with Crippen LogP contribution in [-0.4, -0.2) is 43.6 Å². The molecule has 0 atom stereocenters. The molecular weight excluding hydrogens is 338 g/mol. The Labute approximate surface area is 114 Å². The van der Waals surface area contributed by atoms with Crippen LogP contribution in [0.1, 0.15) is 12.8 Å². The summed E-state index contributed by atoms with van der Waals surface area (Å²) in [6, 6.07) is 0. The first-order chi connectivity index (χ1) is 9.11. The Morgan fingerprint density at radius 2 is 1.48 bits per heavy atom. The molecule has 0 aliphatic heterocycles. The van der Waals surface area contributed by atoms with Gasteiger partial charge >= 0.3 is 27.7 Å². The number of rotatable bonds is 5. The van der Waals surface area contributed by atoms with Crippen LogP contribution in [0.2, 0.25) is 0 Å². The second-order valence-electron chi connectivity index (χ2n) is 3.22. The predicted octanol–water partition coefficient (Wildman–Crippen LogP) is 0.324. The number of aliphatic carboxylic acids is 1. The maximum absolute atomic E-state index is 11.7. The Balaban J connectivity index is 0. The quantitative estimate of drug-likeness (QED) is 0.487. The molecule has 0 saturated heterocycles. The normalized spacial score (nSPS) is 12.3. The lowest BCUT2D eigenvalue weighted by Gasteiger charge is -2.08. The SMILES string of the molecule is NC(=O)CCCNS(=O)(=O)C(F)(F)F.O=C(O)C(F)(F)F. The van der Waals surface area contributed by atoms with Gasteiger partial charge in [0, 0.05) is 13.0 Å². The third-order valence-electron chi connectivity index (χ3n) is 1.44. The fraction of sp³-hybridized carbons (Fsp3) is 0.714. The molecule has 0 radical (unpaired) electrons. The van der Waals surface area contributed by atoms with E-state index in [-0.39, 0.29) is 12.8 Å². The topological polar surface area (TPSA) is 127 Å². The fourth-order valence-corrected chi connectivity index (χ4v) is 1.13. The highest BCUT2D eigenvalue weighted by molar-refractivity contribution is 7.90. The van der Waals surface area contributed by atoms with Crippen LogP contribution < -0.4 is 10.5 Å². The molecule has 7 nitrogen and oxygen atoms in total. The molecule has 0 unspecified atom stereocenters. The van der Waals surface area contributed by atoms with Gasteiger partial charge in [-0.3, -0.25) is 4.79 Å². The van der Waals surface area contributed by atoms with Gasteiger partial charge in [0.15, 0.2) is 0 Å². The summed E-state index contributed by atoms with van der Waals surface area (Å²) in [5.74, 6) is -3.45. The number of halogens is 6. The molecule has 14 heteroatoms. The van der Waals surface area contributed by atoms with Crippen molar-refractivity contribution >= 4 is 21.9 Å². The van der Waals surface area contributed by atoms with Crippen LogP contribution >= 0.6 is 0 Å². The average Bonchev–Trinajstić information content (AvgIpc) is 2.22. The third kappa shape index (κ3) is 10.8. The minimum absolute atomic E-state index is 0.0648. The third-order valence-corrected chi connectivity index (χ3v) is 2.63. The van der Waals surface area contributed by atoms with Gasteiger partial charge in [0.2, 0.25) is 5.91 Å². The number of amides is 1. The second kappa shape index (κ2) is 8.02. The number of nitrogens with two attached hydrogens (primary N) is 1. The molecule has 0 aromatic heterocycles. The summed E-state index contributed by atoms with van der Waals surface area (Å²) in [6.45, 7) is -0.467. The number of carboxylic acids is 1. The Morgan fingerprint density at radius 3 is 1.71 bits per heavy atom. The maximum atomic E-state index is 11.7. The van der Waals surface area contributed by atoms with E-state index in [1.807, 2.05) is 0 Å². The number of alkyl halides is 6. The first-order valence-corrected chi connectivity index (χ1v) is 6.24. The largest absolute Gasteiger partial charge is 0.511 e. The van der Waals surface area contributed by atoms with E-state index in [1.54, 1.807) is 0 Å². The standard InChI is InChI=1S/C5H9F3N2O3S.C2HF3O2/c6-5(7,8)14(12,13)10-3-1-2-4(9)11;3-2(4,5)1(6)7/h10H,1-3H2,(H2,9,11);(H,6,7). The Kier molecular flexibility index (Phi) is 8.29. The van der Waals surface area contributed by atoms with Crippen LogP contribution in [0.5, 0.6) is 0 Å². The van der Waals surface area contributed by atoms with Crippen molar-refractivity contribution < 1.29 is 49.5 Å². The molecule has 21 heavy (non-hydrogen) atoms. The zero-order valence-corrected chi connectivity index (χ0v) is 10.8. The van der Waals surface area contributed by atoms with Gasteiger partial charge in [0.25, 0.3) is 0 Å². The Bertz CT molecular complexity index is 457. The van der Waals surface area contributed by atoms with E-state index >= 15 is 0 Å². The molecule has 0 rings (SSSR count). The van der Waals surface area contributed by atoms with Gasteiger partial charge in [-0.15, -0.1) is 0 Å². The smallest absolute Gasteiger partial charge is 0.475 e. The fourth-order valence-electron chi connectivity index (χ4n) is 0.551. The zero-order valence-electron chi connectivity index (χ0n) is 9.95. The molecule has 0 heterocycles. The van der Waals surface area contributed by atoms with Gasteiger partial charge in [0.1, 0.15) is 0 Å². The van der Waals surface area contributed by atoms with Crippen molar-refractivity contribution in [2.75, 3.05) is 6.54 Å². The molecule has 0 bridgehead atoms. The molecule has 1 amide bonds. The summed E-state index contributed by atoms with van der Waals surface area (Å²) in [6.07, 6.45) is -5.31. The van der Waals surface area contributed by atoms with Crippen molar-refractivity contribution in [2.45, 2.75) is 24.5 Å². The van der Waals surface area contributed by atoms with E-state index in [2.05, 4.69) is 5.73 Å². The zero-order chi connectivity index (χ0) is 17.5. The lowest BCUT2D eigenvalue weighted by atomic mass is 10.3. The number of hydrogen-bond acceptors (Lipinski definition) is 4. The highest BCUT2D eigenvalue weighted by Crippen LogP contribution is 2.21. The molecule has 0 aromatic carbocycles. The maximum Gasteiger partial charge on any atom is 0.511 e. The van der Waals surface area contributed by atoms with Crippen LogP contribution in [0.3, 0.4) is 0 Å². The number of nitrogens with one attached hydrogen (secondary N) is 1. The van der Waals surface area contributed by atoms with E-state index in [1.165, 1.54) is 4.72 Å². The van der Waals surface area contributed by atoms with Gasteiger partial charge < -0.3 is 10.8 Å². The molecule has 4 N–H and O–H groups in total. The summed E-state index contributed by atoms with van der Waals surface area (Å²) < 4.78 is 88.8. The highest BCUT2D eigenvalue weighted by atomic mass is 32.2. The number of hydrogen-bond donors (Lipinski definition) is 3. The molecule has 126 valence electrons. The summed E-state index contributed by atoms with van der Waals surface area (Å²) in [5, 5.41) is 7.12. The van der Waals surface area contributed by atoms with E-state index in [9.17, 15) is 39.6 Å². The molecule has 0 saturated carbocycles. The number of carboxylic acid groups (broad SMARTS) is 1. The minimum Gasteiger partial charge on any atom is -0.475 e. The van der Waals surface area contributed by atoms with Gasteiger partial charge in [-0.05, 0) is 6.42 Å². The number of primary amides is 1. The summed E-state index contributed by atoms with van der Waals surface area (Å²) in [7, 11) is -5.30. The number of sulfonamides is 1. The minimum atomic E-state index is -5.32. The number of carbonyl (C=O) groups excluding carboxylic acids is 1. The summed E-state index contributed by atoms with van der Waals surface area (Å²) in [4.78, 5) is 19.0. The van der Waals surface area contributed by atoms with Crippen LogP contribution in [0.25, 0.3) is 0 Å². The van der Waals surface area contributed by atoms with Crippen molar-refractivity contribution in [1.82, 2.24) is 4.72 Å². The molecule has 0 spiro atoms. The molecular formula is C7H10F6N2O5S. The number of carbonyl (C=O) groups is 2. The average molecular weight is 348 g/mol. The van der Waals surface area contributed by atoms with E-state index in [0.717, 1.165) is 0 Å². The van der Waals surface area contributed by atoms with Gasteiger partial charge in [-0.1, -0.05) is 0 Å². The van der Waals surface area contributed by atoms with Crippen molar-refractivity contribution in [3.8, 4) is 0 Å². The van der Waals surface area contributed by atoms with Crippen LogP contribution in [0, 0.1) is 0 Å². The van der Waals surface area contributed by atoms with Crippen molar-refractivity contribution in [3.05, 3.63) is 0 Å². The Morgan fingerprint density at radius 1 is 1.10 bits per heavy atom. The molecule has 0 aliphatic carbocycles. The molecule has 0 aliphatic rings. The first-order valence-electron chi connectivity index (χ1n) is 4.75. The summed E-state index contributed by atoms with van der Waals surface area (Å²) in [5.41, 5.74) is -0.630. The van der Waals surface area contributed by atoms with Crippen LogP contribution in [0.15, 0.2) is 0 Å².